The highest BCUT2D eigenvalue weighted by atomic mass is 19.1. The molecule has 6 heteroatoms. The van der Waals surface area contributed by atoms with Gasteiger partial charge in [-0.1, -0.05) is 12.1 Å². The number of urea groups is 1. The quantitative estimate of drug-likeness (QED) is 0.843. The lowest BCUT2D eigenvalue weighted by molar-refractivity contribution is -0.130. The Labute approximate surface area is 141 Å². The van der Waals surface area contributed by atoms with Crippen LogP contribution in [0.25, 0.3) is 0 Å². The third-order valence-corrected chi connectivity index (χ3v) is 4.89. The van der Waals surface area contributed by atoms with E-state index in [1.165, 1.54) is 17.0 Å². The average Bonchev–Trinajstić information content (AvgIpc) is 3.06. The van der Waals surface area contributed by atoms with Crippen LogP contribution in [-0.2, 0) is 4.79 Å². The van der Waals surface area contributed by atoms with E-state index in [0.29, 0.717) is 12.6 Å². The van der Waals surface area contributed by atoms with Gasteiger partial charge < -0.3 is 5.32 Å². The zero-order valence-electron chi connectivity index (χ0n) is 14.2. The van der Waals surface area contributed by atoms with E-state index in [1.54, 1.807) is 13.8 Å². The number of benzene rings is 1. The Kier molecular flexibility index (Phi) is 4.58. The van der Waals surface area contributed by atoms with Crippen LogP contribution in [0.1, 0.15) is 44.7 Å². The van der Waals surface area contributed by atoms with E-state index in [9.17, 15) is 14.0 Å². The number of hydrogen-bond donors (Lipinski definition) is 1. The molecule has 2 fully saturated rings. The van der Waals surface area contributed by atoms with Crippen molar-refractivity contribution in [1.29, 1.82) is 0 Å². The number of rotatable bonds is 5. The first-order valence-corrected chi connectivity index (χ1v) is 8.52. The molecule has 24 heavy (non-hydrogen) atoms. The molecule has 1 atom stereocenters. The van der Waals surface area contributed by atoms with Gasteiger partial charge in [0.05, 0.1) is 0 Å². The number of imide groups is 1. The van der Waals surface area contributed by atoms with Gasteiger partial charge in [0.15, 0.2) is 0 Å². The first-order chi connectivity index (χ1) is 11.4. The molecular weight excluding hydrogens is 309 g/mol. The predicted octanol–water partition coefficient (Wildman–Crippen LogP) is 2.68. The molecule has 5 nitrogen and oxygen atoms in total. The summed E-state index contributed by atoms with van der Waals surface area (Å²) in [5.41, 5.74) is 0.325. The second-order valence-electron chi connectivity index (χ2n) is 7.11. The molecule has 0 spiro atoms. The van der Waals surface area contributed by atoms with Gasteiger partial charge in [-0.2, -0.15) is 0 Å². The lowest BCUT2D eigenvalue weighted by Crippen LogP contribution is -2.40. The van der Waals surface area contributed by atoms with E-state index in [0.717, 1.165) is 37.9 Å². The minimum absolute atomic E-state index is 0.163. The van der Waals surface area contributed by atoms with Crippen molar-refractivity contribution in [3.05, 3.63) is 35.6 Å². The highest BCUT2D eigenvalue weighted by molar-refractivity contribution is 6.06. The molecule has 1 unspecified atom stereocenters. The Morgan fingerprint density at radius 3 is 2.54 bits per heavy atom. The monoisotopic (exact) mass is 333 g/mol. The number of amides is 3. The molecule has 0 saturated carbocycles. The summed E-state index contributed by atoms with van der Waals surface area (Å²) in [7, 11) is 0. The molecule has 1 N–H and O–H groups in total. The third kappa shape index (κ3) is 3.29. The molecule has 2 saturated heterocycles. The van der Waals surface area contributed by atoms with Crippen LogP contribution in [0.15, 0.2) is 24.3 Å². The average molecular weight is 333 g/mol. The van der Waals surface area contributed by atoms with Crippen molar-refractivity contribution < 1.29 is 14.0 Å². The zero-order chi connectivity index (χ0) is 17.3. The molecule has 0 radical (unpaired) electrons. The van der Waals surface area contributed by atoms with E-state index >= 15 is 0 Å². The van der Waals surface area contributed by atoms with Crippen molar-refractivity contribution in [2.24, 2.45) is 0 Å². The third-order valence-electron chi connectivity index (χ3n) is 4.89. The summed E-state index contributed by atoms with van der Waals surface area (Å²) in [6.45, 7) is 5.69. The Hall–Kier alpha value is -1.95. The molecular formula is C18H24FN3O2. The van der Waals surface area contributed by atoms with E-state index in [1.807, 2.05) is 12.1 Å². The molecule has 3 rings (SSSR count). The fourth-order valence-electron chi connectivity index (χ4n) is 3.61. The van der Waals surface area contributed by atoms with Gasteiger partial charge in [-0.3, -0.25) is 14.6 Å². The maximum absolute atomic E-state index is 13.1. The lowest BCUT2D eigenvalue weighted by Gasteiger charge is -2.25. The van der Waals surface area contributed by atoms with Crippen molar-refractivity contribution >= 4 is 11.9 Å². The van der Waals surface area contributed by atoms with Crippen molar-refractivity contribution in [3.63, 3.8) is 0 Å². The molecule has 2 aliphatic rings. The topological polar surface area (TPSA) is 52.7 Å². The fourth-order valence-corrected chi connectivity index (χ4v) is 3.61. The van der Waals surface area contributed by atoms with E-state index in [-0.39, 0.29) is 17.8 Å². The van der Waals surface area contributed by atoms with Crippen molar-refractivity contribution in [2.45, 2.75) is 44.7 Å². The summed E-state index contributed by atoms with van der Waals surface area (Å²) in [5.74, 6) is -0.381. The molecule has 1 aromatic carbocycles. The highest BCUT2D eigenvalue weighted by Gasteiger charge is 2.43. The summed E-state index contributed by atoms with van der Waals surface area (Å²) < 4.78 is 13.1. The maximum Gasteiger partial charge on any atom is 0.325 e. The minimum Gasteiger partial charge on any atom is -0.324 e. The second kappa shape index (κ2) is 6.51. The molecule has 2 aliphatic heterocycles. The largest absolute Gasteiger partial charge is 0.325 e. The standard InChI is InChI=1S/C18H24FN3O2/c1-18(2)16(23)22(17(24)20-18)12-4-11-21-10-3-5-15(21)13-6-8-14(19)9-7-13/h6-9,15H,3-5,10-12H2,1-2H3,(H,20,24). The Morgan fingerprint density at radius 1 is 1.21 bits per heavy atom. The van der Waals surface area contributed by atoms with Crippen LogP contribution in [0.4, 0.5) is 9.18 Å². The number of halogens is 1. The Morgan fingerprint density at radius 2 is 1.92 bits per heavy atom. The van der Waals surface area contributed by atoms with Crippen molar-refractivity contribution in [3.8, 4) is 0 Å². The smallest absolute Gasteiger partial charge is 0.324 e. The van der Waals surface area contributed by atoms with Gasteiger partial charge in [-0.25, -0.2) is 9.18 Å². The summed E-state index contributed by atoms with van der Waals surface area (Å²) in [5, 5.41) is 2.70. The van der Waals surface area contributed by atoms with Gasteiger partial charge in [0.1, 0.15) is 11.4 Å². The van der Waals surface area contributed by atoms with Crippen LogP contribution in [0.2, 0.25) is 0 Å². The fraction of sp³-hybridized carbons (Fsp3) is 0.556. The number of carbonyl (C=O) groups is 2. The highest BCUT2D eigenvalue weighted by Crippen LogP contribution is 2.32. The van der Waals surface area contributed by atoms with Crippen LogP contribution in [0, 0.1) is 5.82 Å². The van der Waals surface area contributed by atoms with Gasteiger partial charge >= 0.3 is 6.03 Å². The van der Waals surface area contributed by atoms with Crippen LogP contribution < -0.4 is 5.32 Å². The first-order valence-electron chi connectivity index (χ1n) is 8.52. The SMILES string of the molecule is CC1(C)NC(=O)N(CCCN2CCCC2c2ccc(F)cc2)C1=O. The van der Waals surface area contributed by atoms with Gasteiger partial charge in [0, 0.05) is 19.1 Å². The number of nitrogens with zero attached hydrogens (tertiary/aromatic N) is 2. The molecule has 0 aromatic heterocycles. The first kappa shape index (κ1) is 16.9. The Bertz CT molecular complexity index is 630. The minimum atomic E-state index is -0.804. The number of carbonyl (C=O) groups excluding carboxylic acids is 2. The van der Waals surface area contributed by atoms with Crippen LogP contribution in [-0.4, -0.2) is 46.9 Å². The Balaban J connectivity index is 1.55. The second-order valence-corrected chi connectivity index (χ2v) is 7.11. The molecule has 1 aromatic rings. The molecule has 0 aliphatic carbocycles. The lowest BCUT2D eigenvalue weighted by atomic mass is 10.0. The normalized spacial score (nSPS) is 23.8. The van der Waals surface area contributed by atoms with Crippen molar-refractivity contribution in [1.82, 2.24) is 15.1 Å². The van der Waals surface area contributed by atoms with Gasteiger partial charge in [0.2, 0.25) is 0 Å². The summed E-state index contributed by atoms with van der Waals surface area (Å²) >= 11 is 0. The van der Waals surface area contributed by atoms with E-state index in [4.69, 9.17) is 0 Å². The van der Waals surface area contributed by atoms with Crippen LogP contribution in [0.5, 0.6) is 0 Å². The van der Waals surface area contributed by atoms with Gasteiger partial charge in [-0.15, -0.1) is 0 Å². The van der Waals surface area contributed by atoms with Crippen molar-refractivity contribution in [2.75, 3.05) is 19.6 Å². The number of hydrogen-bond acceptors (Lipinski definition) is 3. The molecule has 0 bridgehead atoms. The van der Waals surface area contributed by atoms with Gasteiger partial charge in [-0.05, 0) is 57.4 Å². The maximum atomic E-state index is 13.1. The molecule has 2 heterocycles. The predicted molar refractivity (Wildman–Crippen MR) is 88.9 cm³/mol. The summed E-state index contributed by atoms with van der Waals surface area (Å²) in [4.78, 5) is 27.7. The van der Waals surface area contributed by atoms with Crippen LogP contribution in [0.3, 0.4) is 0 Å². The van der Waals surface area contributed by atoms with E-state index < -0.39 is 5.54 Å². The van der Waals surface area contributed by atoms with Crippen LogP contribution >= 0.6 is 0 Å². The number of nitrogens with one attached hydrogen (secondary N) is 1. The molecule has 3 amide bonds. The zero-order valence-corrected chi connectivity index (χ0v) is 14.2. The van der Waals surface area contributed by atoms with E-state index in [2.05, 4.69) is 10.2 Å². The number of likely N-dealkylation sites (tertiary alicyclic amines) is 1. The summed E-state index contributed by atoms with van der Waals surface area (Å²) in [6.07, 6.45) is 2.91. The summed E-state index contributed by atoms with van der Waals surface area (Å²) in [6, 6.07) is 6.69. The molecule has 130 valence electrons. The van der Waals surface area contributed by atoms with Gasteiger partial charge in [0.25, 0.3) is 5.91 Å².